The van der Waals surface area contributed by atoms with E-state index in [1.165, 1.54) is 10.8 Å². The SMILES string of the molecule is CN=c1nc2n(O)ccc(C)c-2c(=O)n1C. The molecule has 16 heavy (non-hydrogen) atoms. The average Bonchev–Trinajstić information content (AvgIpc) is 2.27. The van der Waals surface area contributed by atoms with Crippen molar-refractivity contribution in [3.05, 3.63) is 33.8 Å². The summed E-state index contributed by atoms with van der Waals surface area (Å²) in [7, 11) is 3.15. The van der Waals surface area contributed by atoms with Gasteiger partial charge in [0.25, 0.3) is 5.56 Å². The summed E-state index contributed by atoms with van der Waals surface area (Å²) >= 11 is 0. The van der Waals surface area contributed by atoms with Crippen LogP contribution >= 0.6 is 0 Å². The molecule has 0 bridgehead atoms. The molecule has 1 N–H and O–H groups in total. The van der Waals surface area contributed by atoms with Gasteiger partial charge in [0.15, 0.2) is 5.82 Å². The Hall–Kier alpha value is -2.11. The second-order valence-corrected chi connectivity index (χ2v) is 3.54. The summed E-state index contributed by atoms with van der Waals surface area (Å²) in [5, 5.41) is 9.60. The van der Waals surface area contributed by atoms with Crippen LogP contribution in [-0.4, -0.2) is 26.5 Å². The maximum Gasteiger partial charge on any atom is 0.264 e. The first-order chi connectivity index (χ1) is 7.56. The third-order valence-corrected chi connectivity index (χ3v) is 2.53. The van der Waals surface area contributed by atoms with E-state index in [0.29, 0.717) is 5.56 Å². The normalized spacial score (nSPS) is 12.3. The molecule has 0 saturated heterocycles. The second-order valence-electron chi connectivity index (χ2n) is 3.54. The first-order valence-corrected chi connectivity index (χ1v) is 4.77. The topological polar surface area (TPSA) is 72.4 Å². The monoisotopic (exact) mass is 220 g/mol. The van der Waals surface area contributed by atoms with Gasteiger partial charge in [-0.25, -0.2) is 0 Å². The molecule has 0 amide bonds. The van der Waals surface area contributed by atoms with Gasteiger partial charge in [0.2, 0.25) is 5.62 Å². The van der Waals surface area contributed by atoms with Crippen molar-refractivity contribution in [1.82, 2.24) is 14.3 Å². The number of rotatable bonds is 0. The smallest absolute Gasteiger partial charge is 0.264 e. The van der Waals surface area contributed by atoms with Gasteiger partial charge in [-0.1, -0.05) is 0 Å². The van der Waals surface area contributed by atoms with E-state index in [-0.39, 0.29) is 17.0 Å². The Morgan fingerprint density at radius 2 is 2.19 bits per heavy atom. The van der Waals surface area contributed by atoms with Crippen molar-refractivity contribution in [2.45, 2.75) is 6.92 Å². The molecule has 0 fully saturated rings. The van der Waals surface area contributed by atoms with Gasteiger partial charge in [-0.05, 0) is 18.6 Å². The van der Waals surface area contributed by atoms with Crippen molar-refractivity contribution in [2.24, 2.45) is 12.0 Å². The highest BCUT2D eigenvalue weighted by Crippen LogP contribution is 2.16. The lowest BCUT2D eigenvalue weighted by atomic mass is 10.1. The van der Waals surface area contributed by atoms with Gasteiger partial charge in [-0.2, -0.15) is 9.71 Å². The Balaban J connectivity index is 3.10. The van der Waals surface area contributed by atoms with Crippen molar-refractivity contribution in [3.8, 4) is 11.4 Å². The molecule has 0 atom stereocenters. The minimum absolute atomic E-state index is 0.216. The predicted octanol–water partition coefficient (Wildman–Crippen LogP) is -0.237. The van der Waals surface area contributed by atoms with Crippen molar-refractivity contribution in [2.75, 3.05) is 7.05 Å². The number of hydrogen-bond acceptors (Lipinski definition) is 4. The standard InChI is InChI=1S/C10H12N4O2/c1-6-4-5-14(16)8-7(6)9(15)13(3)10(11-2)12-8/h4-5,16H,1-3H3. The summed E-state index contributed by atoms with van der Waals surface area (Å²) in [6, 6.07) is 1.66. The molecule has 2 heterocycles. The molecule has 2 aliphatic rings. The highest BCUT2D eigenvalue weighted by Gasteiger charge is 2.16. The predicted molar refractivity (Wildman–Crippen MR) is 57.5 cm³/mol. The van der Waals surface area contributed by atoms with Crippen molar-refractivity contribution in [3.63, 3.8) is 0 Å². The third kappa shape index (κ3) is 1.30. The number of pyridine rings is 1. The summed E-state index contributed by atoms with van der Waals surface area (Å²) in [4.78, 5) is 20.0. The maximum atomic E-state index is 12.0. The van der Waals surface area contributed by atoms with E-state index in [4.69, 9.17) is 0 Å². The van der Waals surface area contributed by atoms with Crippen LogP contribution in [0.4, 0.5) is 0 Å². The Morgan fingerprint density at radius 3 is 2.81 bits per heavy atom. The van der Waals surface area contributed by atoms with Crippen molar-refractivity contribution in [1.29, 1.82) is 0 Å². The fourth-order valence-electron chi connectivity index (χ4n) is 1.63. The lowest BCUT2D eigenvalue weighted by Crippen LogP contribution is -2.37. The maximum absolute atomic E-state index is 12.0. The quantitative estimate of drug-likeness (QED) is 0.623. The highest BCUT2D eigenvalue weighted by atomic mass is 16.5. The first-order valence-electron chi connectivity index (χ1n) is 4.77. The molecule has 84 valence electrons. The van der Waals surface area contributed by atoms with Crippen LogP contribution in [0.2, 0.25) is 0 Å². The van der Waals surface area contributed by atoms with E-state index in [0.717, 1.165) is 10.3 Å². The number of aryl methyl sites for hydroxylation is 1. The van der Waals surface area contributed by atoms with Gasteiger partial charge in [0.05, 0.1) is 5.56 Å². The molecule has 0 aliphatic carbocycles. The second kappa shape index (κ2) is 3.48. The lowest BCUT2D eigenvalue weighted by Gasteiger charge is -2.11. The van der Waals surface area contributed by atoms with Gasteiger partial charge in [-0.3, -0.25) is 14.4 Å². The summed E-state index contributed by atoms with van der Waals surface area (Å²) in [5.74, 6) is 0.226. The molecule has 6 nitrogen and oxygen atoms in total. The fourth-order valence-corrected chi connectivity index (χ4v) is 1.63. The molecule has 6 heteroatoms. The number of aromatic nitrogens is 3. The summed E-state index contributed by atoms with van der Waals surface area (Å²) < 4.78 is 2.19. The molecule has 0 aromatic rings. The molecule has 0 aromatic carbocycles. The molecule has 2 aliphatic heterocycles. The largest absolute Gasteiger partial charge is 0.427 e. The van der Waals surface area contributed by atoms with E-state index in [9.17, 15) is 10.0 Å². The van der Waals surface area contributed by atoms with E-state index in [1.54, 1.807) is 27.1 Å². The molecule has 0 unspecified atom stereocenters. The van der Waals surface area contributed by atoms with Crippen molar-refractivity contribution < 1.29 is 5.21 Å². The summed E-state index contributed by atoms with van der Waals surface area (Å²) in [6.45, 7) is 1.80. The summed E-state index contributed by atoms with van der Waals surface area (Å²) in [5.41, 5.74) is 1.24. The Kier molecular flexibility index (Phi) is 2.26. The molecular formula is C10H12N4O2. The lowest BCUT2D eigenvalue weighted by molar-refractivity contribution is 0.185. The summed E-state index contributed by atoms with van der Waals surface area (Å²) in [6.07, 6.45) is 1.45. The van der Waals surface area contributed by atoms with Crippen LogP contribution in [-0.2, 0) is 7.05 Å². The number of nitrogens with zero attached hydrogens (tertiary/aromatic N) is 4. The Morgan fingerprint density at radius 1 is 1.50 bits per heavy atom. The van der Waals surface area contributed by atoms with Gasteiger partial charge in [0, 0.05) is 20.3 Å². The van der Waals surface area contributed by atoms with E-state index in [2.05, 4.69) is 9.98 Å². The Labute approximate surface area is 91.4 Å². The van der Waals surface area contributed by atoms with E-state index >= 15 is 0 Å². The molecule has 0 saturated carbocycles. The van der Waals surface area contributed by atoms with Gasteiger partial charge in [-0.15, -0.1) is 0 Å². The molecule has 2 rings (SSSR count). The van der Waals surface area contributed by atoms with Gasteiger partial charge in [0.1, 0.15) is 0 Å². The van der Waals surface area contributed by atoms with Crippen LogP contribution in [0.3, 0.4) is 0 Å². The zero-order valence-corrected chi connectivity index (χ0v) is 9.30. The van der Waals surface area contributed by atoms with Gasteiger partial charge < -0.3 is 5.21 Å². The molecule has 0 radical (unpaired) electrons. The first kappa shape index (κ1) is 10.4. The van der Waals surface area contributed by atoms with Crippen LogP contribution < -0.4 is 11.2 Å². The van der Waals surface area contributed by atoms with Gasteiger partial charge >= 0.3 is 0 Å². The highest BCUT2D eigenvalue weighted by molar-refractivity contribution is 5.59. The van der Waals surface area contributed by atoms with Crippen LogP contribution in [0.15, 0.2) is 22.1 Å². The number of fused-ring (bicyclic) bond motifs is 1. The van der Waals surface area contributed by atoms with E-state index in [1.807, 2.05) is 0 Å². The van der Waals surface area contributed by atoms with Crippen LogP contribution in [0.1, 0.15) is 5.56 Å². The van der Waals surface area contributed by atoms with Crippen LogP contribution in [0.5, 0.6) is 0 Å². The number of hydrogen-bond donors (Lipinski definition) is 1. The van der Waals surface area contributed by atoms with Crippen LogP contribution in [0.25, 0.3) is 11.4 Å². The fraction of sp³-hybridized carbons (Fsp3) is 0.300. The zero-order chi connectivity index (χ0) is 11.9. The molecule has 0 spiro atoms. The van der Waals surface area contributed by atoms with Crippen LogP contribution in [0, 0.1) is 6.92 Å². The van der Waals surface area contributed by atoms with E-state index < -0.39 is 0 Å². The minimum atomic E-state index is -0.216. The molecular weight excluding hydrogens is 208 g/mol. The van der Waals surface area contributed by atoms with Crippen molar-refractivity contribution >= 4 is 0 Å². The average molecular weight is 220 g/mol. The molecule has 0 aromatic heterocycles. The zero-order valence-electron chi connectivity index (χ0n) is 9.30. The third-order valence-electron chi connectivity index (χ3n) is 2.53. The minimum Gasteiger partial charge on any atom is -0.427 e. The Bertz CT molecular complexity index is 639.